The first-order chi connectivity index (χ1) is 10.2. The second-order valence-electron chi connectivity index (χ2n) is 4.97. The second-order valence-corrected chi connectivity index (χ2v) is 6.12. The SMILES string of the molecule is COc1ccc(N)cc1NC(=O)CCSCC1CCCO1. The smallest absolute Gasteiger partial charge is 0.225 e. The van der Waals surface area contributed by atoms with Gasteiger partial charge in [-0.1, -0.05) is 0 Å². The average Bonchev–Trinajstić information content (AvgIpc) is 2.97. The van der Waals surface area contributed by atoms with Gasteiger partial charge in [0.2, 0.25) is 5.91 Å². The number of nitrogens with one attached hydrogen (secondary N) is 1. The number of thioether (sulfide) groups is 1. The molecule has 1 aliphatic heterocycles. The fourth-order valence-corrected chi connectivity index (χ4v) is 3.21. The van der Waals surface area contributed by atoms with Crippen molar-refractivity contribution < 1.29 is 14.3 Å². The molecule has 5 nitrogen and oxygen atoms in total. The highest BCUT2D eigenvalue weighted by Crippen LogP contribution is 2.26. The lowest BCUT2D eigenvalue weighted by atomic mass is 10.2. The molecule has 1 aromatic rings. The molecule has 0 saturated carbocycles. The van der Waals surface area contributed by atoms with Gasteiger partial charge in [-0.25, -0.2) is 0 Å². The van der Waals surface area contributed by atoms with Crippen LogP contribution in [0.15, 0.2) is 18.2 Å². The van der Waals surface area contributed by atoms with Crippen molar-refractivity contribution in [2.45, 2.75) is 25.4 Å². The van der Waals surface area contributed by atoms with Crippen LogP contribution in [0.2, 0.25) is 0 Å². The number of benzene rings is 1. The summed E-state index contributed by atoms with van der Waals surface area (Å²) >= 11 is 1.76. The summed E-state index contributed by atoms with van der Waals surface area (Å²) in [6.07, 6.45) is 3.13. The standard InChI is InChI=1S/C15H22N2O3S/c1-19-14-5-4-11(16)9-13(14)17-15(18)6-8-21-10-12-3-2-7-20-12/h4-5,9,12H,2-3,6-8,10,16H2,1H3,(H,17,18). The Labute approximate surface area is 129 Å². The van der Waals surface area contributed by atoms with E-state index in [1.54, 1.807) is 37.1 Å². The molecule has 0 bridgehead atoms. The number of carbonyl (C=O) groups is 1. The van der Waals surface area contributed by atoms with Gasteiger partial charge in [0, 0.05) is 30.2 Å². The first-order valence-electron chi connectivity index (χ1n) is 7.11. The first kappa shape index (κ1) is 16.0. The van der Waals surface area contributed by atoms with Crippen molar-refractivity contribution in [1.82, 2.24) is 0 Å². The molecule has 1 saturated heterocycles. The van der Waals surface area contributed by atoms with Crippen molar-refractivity contribution in [1.29, 1.82) is 0 Å². The molecular weight excluding hydrogens is 288 g/mol. The van der Waals surface area contributed by atoms with Gasteiger partial charge in [0.05, 0.1) is 18.9 Å². The van der Waals surface area contributed by atoms with Crippen LogP contribution in [0.3, 0.4) is 0 Å². The molecule has 1 unspecified atom stereocenters. The molecule has 0 aromatic heterocycles. The Kier molecular flexibility index (Phi) is 6.20. The van der Waals surface area contributed by atoms with E-state index in [1.165, 1.54) is 0 Å². The molecular formula is C15H22N2O3S. The molecule has 0 radical (unpaired) electrons. The van der Waals surface area contributed by atoms with E-state index in [4.69, 9.17) is 15.2 Å². The fourth-order valence-electron chi connectivity index (χ4n) is 2.19. The maximum Gasteiger partial charge on any atom is 0.225 e. The van der Waals surface area contributed by atoms with Crippen molar-refractivity contribution in [3.05, 3.63) is 18.2 Å². The largest absolute Gasteiger partial charge is 0.495 e. The number of hydrogen-bond acceptors (Lipinski definition) is 5. The Hall–Kier alpha value is -1.40. The molecule has 21 heavy (non-hydrogen) atoms. The lowest BCUT2D eigenvalue weighted by Gasteiger charge is -2.11. The number of hydrogen-bond donors (Lipinski definition) is 2. The summed E-state index contributed by atoms with van der Waals surface area (Å²) in [5.41, 5.74) is 6.94. The summed E-state index contributed by atoms with van der Waals surface area (Å²) in [7, 11) is 1.57. The number of methoxy groups -OCH3 is 1. The Bertz CT molecular complexity index is 476. The van der Waals surface area contributed by atoms with Crippen LogP contribution in [0, 0.1) is 0 Å². The van der Waals surface area contributed by atoms with Crippen LogP contribution in [-0.4, -0.2) is 37.2 Å². The zero-order valence-corrected chi connectivity index (χ0v) is 13.1. The van der Waals surface area contributed by atoms with Gasteiger partial charge in [-0.05, 0) is 31.0 Å². The predicted octanol–water partition coefficient (Wildman–Crippen LogP) is 2.52. The molecule has 1 amide bonds. The van der Waals surface area contributed by atoms with Crippen LogP contribution < -0.4 is 15.8 Å². The number of nitrogens with two attached hydrogens (primary N) is 1. The van der Waals surface area contributed by atoms with E-state index in [2.05, 4.69) is 5.32 Å². The molecule has 0 spiro atoms. The van der Waals surface area contributed by atoms with E-state index in [-0.39, 0.29) is 5.91 Å². The third-order valence-electron chi connectivity index (χ3n) is 3.30. The average molecular weight is 310 g/mol. The quantitative estimate of drug-likeness (QED) is 0.598. The summed E-state index contributed by atoms with van der Waals surface area (Å²) in [6, 6.07) is 5.19. The minimum atomic E-state index is -0.0289. The highest BCUT2D eigenvalue weighted by molar-refractivity contribution is 7.99. The Morgan fingerprint density at radius 3 is 3.14 bits per heavy atom. The van der Waals surface area contributed by atoms with E-state index < -0.39 is 0 Å². The van der Waals surface area contributed by atoms with Crippen LogP contribution in [0.25, 0.3) is 0 Å². The van der Waals surface area contributed by atoms with Crippen LogP contribution in [0.1, 0.15) is 19.3 Å². The van der Waals surface area contributed by atoms with Gasteiger partial charge in [0.15, 0.2) is 0 Å². The molecule has 116 valence electrons. The lowest BCUT2D eigenvalue weighted by molar-refractivity contribution is -0.115. The minimum Gasteiger partial charge on any atom is -0.495 e. The molecule has 2 rings (SSSR count). The maximum atomic E-state index is 11.9. The number of anilines is 2. The molecule has 1 aliphatic rings. The Morgan fingerprint density at radius 1 is 1.57 bits per heavy atom. The molecule has 1 fully saturated rings. The van der Waals surface area contributed by atoms with Gasteiger partial charge in [0.25, 0.3) is 0 Å². The zero-order chi connectivity index (χ0) is 15.1. The predicted molar refractivity (Wildman–Crippen MR) is 87.0 cm³/mol. The van der Waals surface area contributed by atoms with E-state index in [9.17, 15) is 4.79 Å². The van der Waals surface area contributed by atoms with E-state index in [0.29, 0.717) is 29.6 Å². The highest BCUT2D eigenvalue weighted by Gasteiger charge is 2.15. The number of ether oxygens (including phenoxy) is 2. The van der Waals surface area contributed by atoms with Gasteiger partial charge in [-0.3, -0.25) is 4.79 Å². The van der Waals surface area contributed by atoms with E-state index in [0.717, 1.165) is 31.0 Å². The zero-order valence-electron chi connectivity index (χ0n) is 12.3. The van der Waals surface area contributed by atoms with Crippen molar-refractivity contribution in [2.75, 3.05) is 36.3 Å². The van der Waals surface area contributed by atoms with Gasteiger partial charge in [-0.15, -0.1) is 0 Å². The fraction of sp³-hybridized carbons (Fsp3) is 0.533. The number of carbonyl (C=O) groups excluding carboxylic acids is 1. The second kappa shape index (κ2) is 8.14. The van der Waals surface area contributed by atoms with Crippen molar-refractivity contribution in [3.8, 4) is 5.75 Å². The van der Waals surface area contributed by atoms with E-state index in [1.807, 2.05) is 0 Å². The highest BCUT2D eigenvalue weighted by atomic mass is 32.2. The van der Waals surface area contributed by atoms with Crippen LogP contribution >= 0.6 is 11.8 Å². The third-order valence-corrected chi connectivity index (χ3v) is 4.40. The summed E-state index contributed by atoms with van der Waals surface area (Å²) in [6.45, 7) is 0.876. The van der Waals surface area contributed by atoms with E-state index >= 15 is 0 Å². The molecule has 0 aliphatic carbocycles. The van der Waals surface area contributed by atoms with Gasteiger partial charge in [-0.2, -0.15) is 11.8 Å². The Balaban J connectivity index is 1.72. The van der Waals surface area contributed by atoms with Crippen molar-refractivity contribution in [2.24, 2.45) is 0 Å². The topological polar surface area (TPSA) is 73.6 Å². The lowest BCUT2D eigenvalue weighted by Crippen LogP contribution is -2.14. The van der Waals surface area contributed by atoms with Crippen molar-refractivity contribution >= 4 is 29.0 Å². The summed E-state index contributed by atoms with van der Waals surface area (Å²) in [4.78, 5) is 11.9. The number of nitrogen functional groups attached to an aromatic ring is 1. The summed E-state index contributed by atoms with van der Waals surface area (Å²) < 4.78 is 10.7. The minimum absolute atomic E-state index is 0.0289. The molecule has 6 heteroatoms. The summed E-state index contributed by atoms with van der Waals surface area (Å²) in [5.74, 6) is 2.34. The Morgan fingerprint density at radius 2 is 2.43 bits per heavy atom. The monoisotopic (exact) mass is 310 g/mol. The molecule has 3 N–H and O–H groups in total. The maximum absolute atomic E-state index is 11.9. The van der Waals surface area contributed by atoms with Crippen LogP contribution in [0.4, 0.5) is 11.4 Å². The molecule has 1 atom stereocenters. The van der Waals surface area contributed by atoms with Crippen LogP contribution in [0.5, 0.6) is 5.75 Å². The first-order valence-corrected chi connectivity index (χ1v) is 8.27. The summed E-state index contributed by atoms with van der Waals surface area (Å²) in [5, 5.41) is 2.84. The third kappa shape index (κ3) is 5.13. The number of amides is 1. The number of rotatable bonds is 7. The van der Waals surface area contributed by atoms with Gasteiger partial charge >= 0.3 is 0 Å². The normalized spacial score (nSPS) is 17.7. The molecule has 1 aromatic carbocycles. The molecule has 1 heterocycles. The van der Waals surface area contributed by atoms with Crippen molar-refractivity contribution in [3.63, 3.8) is 0 Å². The van der Waals surface area contributed by atoms with Gasteiger partial charge < -0.3 is 20.5 Å². The van der Waals surface area contributed by atoms with Crippen LogP contribution in [-0.2, 0) is 9.53 Å². The van der Waals surface area contributed by atoms with Gasteiger partial charge in [0.1, 0.15) is 5.75 Å².